The minimum Gasteiger partial charge on any atom is -0.444 e. The summed E-state index contributed by atoms with van der Waals surface area (Å²) in [6, 6.07) is 5.16. The first kappa shape index (κ1) is 18.4. The van der Waals surface area contributed by atoms with E-state index in [-0.39, 0.29) is 0 Å². The Bertz CT molecular complexity index is 754. The Balaban J connectivity index is 2.36. The van der Waals surface area contributed by atoms with Gasteiger partial charge in [0.25, 0.3) is 0 Å². The van der Waals surface area contributed by atoms with E-state index in [2.05, 4.69) is 5.32 Å². The minimum absolute atomic E-state index is 0.413. The molecular weight excluding hydrogens is 337 g/mol. The first-order chi connectivity index (χ1) is 10.9. The number of sulfone groups is 1. The molecule has 3 atom stereocenters. The number of aldehydes is 1. The number of carbonyl (C=O) groups excluding carboxylic acids is 2. The van der Waals surface area contributed by atoms with Crippen LogP contribution in [-0.4, -0.2) is 43.4 Å². The predicted octanol–water partition coefficient (Wildman–Crippen LogP) is 1.80. The van der Waals surface area contributed by atoms with Crippen molar-refractivity contribution in [2.24, 2.45) is 0 Å². The molecule has 0 radical (unpaired) electrons. The number of carbonyl (C=O) groups is 2. The molecule has 132 valence electrons. The van der Waals surface area contributed by atoms with Crippen LogP contribution < -0.4 is 5.32 Å². The number of ether oxygens (including phenoxy) is 1. The second-order valence-corrected chi connectivity index (χ2v) is 9.12. The molecular formula is C16H20FNO5S. The molecule has 24 heavy (non-hydrogen) atoms. The van der Waals surface area contributed by atoms with Crippen LogP contribution in [0.2, 0.25) is 0 Å². The molecule has 0 aliphatic heterocycles. The number of amides is 1. The van der Waals surface area contributed by atoms with E-state index in [9.17, 15) is 22.4 Å². The molecule has 6 nitrogen and oxygen atoms in total. The van der Waals surface area contributed by atoms with Crippen LogP contribution in [0.3, 0.4) is 0 Å². The smallest absolute Gasteiger partial charge is 0.408 e. The van der Waals surface area contributed by atoms with Crippen molar-refractivity contribution >= 4 is 22.2 Å². The molecule has 1 aliphatic rings. The SMILES string of the molecule is CC(C)(C)OC(=O)NC1(C=O)C(c2ccc(F)cc2)C1S(C)(=O)=O. The van der Waals surface area contributed by atoms with Crippen LogP contribution in [0, 0.1) is 5.82 Å². The van der Waals surface area contributed by atoms with Gasteiger partial charge in [-0.1, -0.05) is 12.1 Å². The summed E-state index contributed by atoms with van der Waals surface area (Å²) in [6.07, 6.45) is 0.528. The van der Waals surface area contributed by atoms with E-state index in [1.54, 1.807) is 20.8 Å². The summed E-state index contributed by atoms with van der Waals surface area (Å²) in [5.41, 5.74) is -1.96. The molecule has 1 aromatic carbocycles. The van der Waals surface area contributed by atoms with Crippen LogP contribution in [0.25, 0.3) is 0 Å². The van der Waals surface area contributed by atoms with Crippen molar-refractivity contribution in [3.63, 3.8) is 0 Å². The maximum atomic E-state index is 13.1. The van der Waals surface area contributed by atoms with Crippen molar-refractivity contribution in [2.75, 3.05) is 6.26 Å². The summed E-state index contributed by atoms with van der Waals surface area (Å²) in [5.74, 6) is -1.27. The lowest BCUT2D eigenvalue weighted by Gasteiger charge is -2.22. The van der Waals surface area contributed by atoms with Crippen LogP contribution in [-0.2, 0) is 19.4 Å². The van der Waals surface area contributed by atoms with Crippen molar-refractivity contribution in [1.82, 2.24) is 5.32 Å². The maximum Gasteiger partial charge on any atom is 0.408 e. The maximum absolute atomic E-state index is 13.1. The lowest BCUT2D eigenvalue weighted by Crippen LogP contribution is -2.45. The van der Waals surface area contributed by atoms with Crippen molar-refractivity contribution < 1.29 is 27.1 Å². The van der Waals surface area contributed by atoms with Gasteiger partial charge in [0.2, 0.25) is 0 Å². The third-order valence-corrected chi connectivity index (χ3v) is 5.37. The van der Waals surface area contributed by atoms with Gasteiger partial charge in [0.15, 0.2) is 9.84 Å². The van der Waals surface area contributed by atoms with E-state index >= 15 is 0 Å². The van der Waals surface area contributed by atoms with Gasteiger partial charge < -0.3 is 14.8 Å². The van der Waals surface area contributed by atoms with Gasteiger partial charge in [0.05, 0.1) is 0 Å². The number of halogens is 1. The second-order valence-electron chi connectivity index (χ2n) is 6.96. The van der Waals surface area contributed by atoms with E-state index in [0.717, 1.165) is 6.26 Å². The van der Waals surface area contributed by atoms with Crippen LogP contribution in [0.5, 0.6) is 0 Å². The molecule has 8 heteroatoms. The molecule has 1 aromatic rings. The van der Waals surface area contributed by atoms with Crippen molar-refractivity contribution in [3.05, 3.63) is 35.6 Å². The summed E-state index contributed by atoms with van der Waals surface area (Å²) in [7, 11) is -3.64. The first-order valence-electron chi connectivity index (χ1n) is 7.32. The first-order valence-corrected chi connectivity index (χ1v) is 9.28. The second kappa shape index (κ2) is 5.84. The number of nitrogens with one attached hydrogen (secondary N) is 1. The average molecular weight is 357 g/mol. The highest BCUT2D eigenvalue weighted by Crippen LogP contribution is 2.54. The summed E-state index contributed by atoms with van der Waals surface area (Å²) >= 11 is 0. The number of benzene rings is 1. The molecule has 0 spiro atoms. The third kappa shape index (κ3) is 3.58. The Hall–Kier alpha value is -1.96. The van der Waals surface area contributed by atoms with E-state index in [0.29, 0.717) is 11.8 Å². The summed E-state index contributed by atoms with van der Waals surface area (Å²) in [4.78, 5) is 23.7. The Labute approximate surface area is 140 Å². The lowest BCUT2D eigenvalue weighted by atomic mass is 10.1. The Morgan fingerprint density at radius 1 is 1.29 bits per heavy atom. The van der Waals surface area contributed by atoms with Gasteiger partial charge in [-0.2, -0.15) is 0 Å². The highest BCUT2D eigenvalue weighted by molar-refractivity contribution is 7.91. The molecule has 0 heterocycles. The highest BCUT2D eigenvalue weighted by atomic mass is 32.2. The van der Waals surface area contributed by atoms with Gasteiger partial charge in [-0.05, 0) is 38.5 Å². The molecule has 3 unspecified atom stereocenters. The fourth-order valence-corrected chi connectivity index (χ4v) is 4.66. The van der Waals surface area contributed by atoms with Gasteiger partial charge >= 0.3 is 6.09 Å². The summed E-state index contributed by atoms with van der Waals surface area (Å²) in [6.45, 7) is 4.95. The Morgan fingerprint density at radius 3 is 2.25 bits per heavy atom. The van der Waals surface area contributed by atoms with Crippen molar-refractivity contribution in [3.8, 4) is 0 Å². The number of hydrogen-bond donors (Lipinski definition) is 1. The average Bonchev–Trinajstić information content (AvgIpc) is 3.06. The lowest BCUT2D eigenvalue weighted by molar-refractivity contribution is -0.110. The van der Waals surface area contributed by atoms with Gasteiger partial charge in [0.1, 0.15) is 28.5 Å². The van der Waals surface area contributed by atoms with Gasteiger partial charge in [0, 0.05) is 12.2 Å². The zero-order chi connectivity index (χ0) is 18.3. The molecule has 1 aliphatic carbocycles. The zero-order valence-electron chi connectivity index (χ0n) is 13.9. The standard InChI is InChI=1S/C16H20FNO5S/c1-15(2,3)23-14(20)18-16(9-19)12(13(16)24(4,21)22)10-5-7-11(17)8-6-10/h5-9,12-13H,1-4H3,(H,18,20). The quantitative estimate of drug-likeness (QED) is 0.830. The van der Waals surface area contributed by atoms with E-state index < -0.39 is 44.1 Å². The fraction of sp³-hybridized carbons (Fsp3) is 0.500. The predicted molar refractivity (Wildman–Crippen MR) is 85.9 cm³/mol. The molecule has 1 saturated carbocycles. The van der Waals surface area contributed by atoms with Crippen LogP contribution in [0.4, 0.5) is 9.18 Å². The minimum atomic E-state index is -3.64. The summed E-state index contributed by atoms with van der Waals surface area (Å²) in [5, 5.41) is 1.27. The molecule has 1 N–H and O–H groups in total. The molecule has 0 saturated heterocycles. The van der Waals surface area contributed by atoms with Gasteiger partial charge in [-0.15, -0.1) is 0 Å². The summed E-state index contributed by atoms with van der Waals surface area (Å²) < 4.78 is 42.3. The van der Waals surface area contributed by atoms with Crippen LogP contribution in [0.15, 0.2) is 24.3 Å². The van der Waals surface area contributed by atoms with Crippen molar-refractivity contribution in [1.29, 1.82) is 0 Å². The van der Waals surface area contributed by atoms with E-state index in [1.807, 2.05) is 0 Å². The Kier molecular flexibility index (Phi) is 4.47. The van der Waals surface area contributed by atoms with E-state index in [1.165, 1.54) is 24.3 Å². The van der Waals surface area contributed by atoms with Gasteiger partial charge in [-0.3, -0.25) is 0 Å². The van der Waals surface area contributed by atoms with Crippen LogP contribution in [0.1, 0.15) is 32.3 Å². The fourth-order valence-electron chi connectivity index (χ4n) is 2.90. The normalized spacial score (nSPS) is 26.5. The number of hydrogen-bond acceptors (Lipinski definition) is 5. The monoisotopic (exact) mass is 357 g/mol. The number of rotatable bonds is 4. The molecule has 1 amide bonds. The topological polar surface area (TPSA) is 89.5 Å². The van der Waals surface area contributed by atoms with Crippen molar-refractivity contribution in [2.45, 2.75) is 43.1 Å². The van der Waals surface area contributed by atoms with E-state index in [4.69, 9.17) is 4.74 Å². The highest BCUT2D eigenvalue weighted by Gasteiger charge is 2.71. The number of alkyl carbamates (subject to hydrolysis) is 1. The molecule has 1 fully saturated rings. The molecule has 0 bridgehead atoms. The largest absolute Gasteiger partial charge is 0.444 e. The van der Waals surface area contributed by atoms with Crippen LogP contribution >= 0.6 is 0 Å². The third-order valence-electron chi connectivity index (χ3n) is 3.78. The molecule has 2 rings (SSSR count). The molecule has 0 aromatic heterocycles. The Morgan fingerprint density at radius 2 is 1.83 bits per heavy atom. The zero-order valence-corrected chi connectivity index (χ0v) is 14.7. The van der Waals surface area contributed by atoms with Gasteiger partial charge in [-0.25, -0.2) is 17.6 Å².